The van der Waals surface area contributed by atoms with Crippen molar-refractivity contribution >= 4 is 5.69 Å². The van der Waals surface area contributed by atoms with Gasteiger partial charge in [-0.05, 0) is 57.4 Å². The molecule has 0 spiro atoms. The monoisotopic (exact) mass is 232 g/mol. The minimum atomic E-state index is -0.263. The van der Waals surface area contributed by atoms with Crippen molar-refractivity contribution in [2.24, 2.45) is 5.41 Å². The molecule has 0 fully saturated rings. The number of ether oxygens (including phenoxy) is 1. The Labute approximate surface area is 103 Å². The fourth-order valence-electron chi connectivity index (χ4n) is 1.50. The second-order valence-electron chi connectivity index (χ2n) is 4.97. The second kappa shape index (κ2) is 5.58. The Morgan fingerprint density at radius 3 is 2.71 bits per heavy atom. The molecule has 0 bridgehead atoms. The summed E-state index contributed by atoms with van der Waals surface area (Å²) in [5.74, 6) is 0.839. The third-order valence-electron chi connectivity index (χ3n) is 2.76. The van der Waals surface area contributed by atoms with Gasteiger partial charge in [0.25, 0.3) is 0 Å². The van der Waals surface area contributed by atoms with Gasteiger partial charge in [-0.15, -0.1) is 0 Å². The van der Waals surface area contributed by atoms with Crippen LogP contribution in [-0.2, 0) is 0 Å². The summed E-state index contributed by atoms with van der Waals surface area (Å²) >= 11 is 0. The topological polar surface area (TPSA) is 59.0 Å². The SMILES string of the molecule is Cc1cc(OCCCC(C)(C)C#N)ccc1N. The average molecular weight is 232 g/mol. The molecular weight excluding hydrogens is 212 g/mol. The first kappa shape index (κ1) is 13.4. The lowest BCUT2D eigenvalue weighted by Crippen LogP contribution is -2.10. The molecule has 0 aromatic heterocycles. The number of nitrogens with zero attached hydrogens (tertiary/aromatic N) is 1. The van der Waals surface area contributed by atoms with E-state index in [0.717, 1.165) is 29.8 Å². The average Bonchev–Trinajstić information content (AvgIpc) is 2.29. The molecule has 3 heteroatoms. The van der Waals surface area contributed by atoms with Crippen molar-refractivity contribution in [3.05, 3.63) is 23.8 Å². The first-order valence-electron chi connectivity index (χ1n) is 5.85. The highest BCUT2D eigenvalue weighted by atomic mass is 16.5. The van der Waals surface area contributed by atoms with Crippen molar-refractivity contribution in [1.29, 1.82) is 5.26 Å². The van der Waals surface area contributed by atoms with Crippen LogP contribution in [0.4, 0.5) is 5.69 Å². The Morgan fingerprint density at radius 1 is 1.41 bits per heavy atom. The molecule has 1 rings (SSSR count). The van der Waals surface area contributed by atoms with Crippen LogP contribution in [0.5, 0.6) is 5.75 Å². The fourth-order valence-corrected chi connectivity index (χ4v) is 1.50. The molecule has 0 amide bonds. The summed E-state index contributed by atoms with van der Waals surface area (Å²) in [4.78, 5) is 0. The number of nitriles is 1. The van der Waals surface area contributed by atoms with E-state index >= 15 is 0 Å². The highest BCUT2D eigenvalue weighted by Crippen LogP contribution is 2.22. The van der Waals surface area contributed by atoms with Crippen LogP contribution in [-0.4, -0.2) is 6.61 Å². The molecule has 0 unspecified atom stereocenters. The van der Waals surface area contributed by atoms with Gasteiger partial charge < -0.3 is 10.5 Å². The van der Waals surface area contributed by atoms with E-state index < -0.39 is 0 Å². The van der Waals surface area contributed by atoms with Crippen LogP contribution >= 0.6 is 0 Å². The largest absolute Gasteiger partial charge is 0.494 e. The number of aryl methyl sites for hydroxylation is 1. The van der Waals surface area contributed by atoms with Crippen molar-refractivity contribution in [2.75, 3.05) is 12.3 Å². The molecule has 1 aromatic rings. The Hall–Kier alpha value is -1.69. The van der Waals surface area contributed by atoms with E-state index in [1.54, 1.807) is 0 Å². The van der Waals surface area contributed by atoms with E-state index in [0.29, 0.717) is 6.61 Å². The summed E-state index contributed by atoms with van der Waals surface area (Å²) in [6.07, 6.45) is 1.72. The smallest absolute Gasteiger partial charge is 0.119 e. The van der Waals surface area contributed by atoms with Crippen molar-refractivity contribution < 1.29 is 4.74 Å². The predicted octanol–water partition coefficient (Wildman–Crippen LogP) is 3.29. The maximum Gasteiger partial charge on any atom is 0.119 e. The molecule has 0 aliphatic carbocycles. The summed E-state index contributed by atoms with van der Waals surface area (Å²) < 4.78 is 5.62. The Morgan fingerprint density at radius 2 is 2.12 bits per heavy atom. The van der Waals surface area contributed by atoms with Gasteiger partial charge in [0.1, 0.15) is 5.75 Å². The van der Waals surface area contributed by atoms with Crippen LogP contribution in [0.15, 0.2) is 18.2 Å². The number of hydrogen-bond acceptors (Lipinski definition) is 3. The number of rotatable bonds is 5. The van der Waals surface area contributed by atoms with Gasteiger partial charge in [-0.1, -0.05) is 0 Å². The molecule has 17 heavy (non-hydrogen) atoms. The lowest BCUT2D eigenvalue weighted by Gasteiger charge is -2.15. The lowest BCUT2D eigenvalue weighted by molar-refractivity contribution is 0.284. The first-order valence-corrected chi connectivity index (χ1v) is 5.85. The molecule has 3 nitrogen and oxygen atoms in total. The van der Waals surface area contributed by atoms with E-state index in [-0.39, 0.29) is 5.41 Å². The molecule has 1 aromatic carbocycles. The highest BCUT2D eigenvalue weighted by Gasteiger charge is 2.15. The Balaban J connectivity index is 2.37. The van der Waals surface area contributed by atoms with Gasteiger partial charge >= 0.3 is 0 Å². The first-order chi connectivity index (χ1) is 7.94. The van der Waals surface area contributed by atoms with Gasteiger partial charge in [0, 0.05) is 5.69 Å². The van der Waals surface area contributed by atoms with Gasteiger partial charge in [0.05, 0.1) is 18.1 Å². The zero-order valence-corrected chi connectivity index (χ0v) is 10.8. The third-order valence-corrected chi connectivity index (χ3v) is 2.76. The number of anilines is 1. The zero-order chi connectivity index (χ0) is 12.9. The molecular formula is C14H20N2O. The van der Waals surface area contributed by atoms with Crippen molar-refractivity contribution in [2.45, 2.75) is 33.6 Å². The van der Waals surface area contributed by atoms with Gasteiger partial charge in [0.15, 0.2) is 0 Å². The van der Waals surface area contributed by atoms with Gasteiger partial charge in [0.2, 0.25) is 0 Å². The van der Waals surface area contributed by atoms with Crippen molar-refractivity contribution in [1.82, 2.24) is 0 Å². The van der Waals surface area contributed by atoms with E-state index in [9.17, 15) is 0 Å². The number of hydrogen-bond donors (Lipinski definition) is 1. The number of benzene rings is 1. The summed E-state index contributed by atoms with van der Waals surface area (Å²) in [6.45, 7) is 6.48. The minimum Gasteiger partial charge on any atom is -0.494 e. The number of nitrogens with two attached hydrogens (primary N) is 1. The molecule has 0 aliphatic rings. The van der Waals surface area contributed by atoms with Crippen LogP contribution in [0.2, 0.25) is 0 Å². The quantitative estimate of drug-likeness (QED) is 0.626. The number of nitrogen functional groups attached to an aromatic ring is 1. The minimum absolute atomic E-state index is 0.263. The molecule has 0 aliphatic heterocycles. The maximum atomic E-state index is 8.87. The molecule has 0 saturated carbocycles. The fraction of sp³-hybridized carbons (Fsp3) is 0.500. The molecule has 0 heterocycles. The van der Waals surface area contributed by atoms with Crippen LogP contribution in [0, 0.1) is 23.7 Å². The van der Waals surface area contributed by atoms with Crippen LogP contribution in [0.3, 0.4) is 0 Å². The summed E-state index contributed by atoms with van der Waals surface area (Å²) in [5, 5.41) is 8.87. The lowest BCUT2D eigenvalue weighted by atomic mass is 9.90. The van der Waals surface area contributed by atoms with Crippen LogP contribution in [0.1, 0.15) is 32.3 Å². The highest BCUT2D eigenvalue weighted by molar-refractivity contribution is 5.49. The van der Waals surface area contributed by atoms with E-state index in [1.807, 2.05) is 39.0 Å². The molecule has 0 radical (unpaired) electrons. The van der Waals surface area contributed by atoms with Crippen LogP contribution < -0.4 is 10.5 Å². The molecule has 2 N–H and O–H groups in total. The van der Waals surface area contributed by atoms with E-state index in [2.05, 4.69) is 6.07 Å². The maximum absolute atomic E-state index is 8.87. The Kier molecular flexibility index (Phi) is 4.39. The summed E-state index contributed by atoms with van der Waals surface area (Å²) in [7, 11) is 0. The molecule has 92 valence electrons. The van der Waals surface area contributed by atoms with Crippen LogP contribution in [0.25, 0.3) is 0 Å². The van der Waals surface area contributed by atoms with Gasteiger partial charge in [-0.3, -0.25) is 0 Å². The van der Waals surface area contributed by atoms with Gasteiger partial charge in [-0.25, -0.2) is 0 Å². The third kappa shape index (κ3) is 4.36. The normalized spacial score (nSPS) is 10.9. The summed E-state index contributed by atoms with van der Waals surface area (Å²) in [5.41, 5.74) is 7.27. The second-order valence-corrected chi connectivity index (χ2v) is 4.97. The Bertz CT molecular complexity index is 419. The van der Waals surface area contributed by atoms with E-state index in [4.69, 9.17) is 15.7 Å². The molecule has 0 atom stereocenters. The molecule has 0 saturated heterocycles. The zero-order valence-electron chi connectivity index (χ0n) is 10.8. The van der Waals surface area contributed by atoms with Gasteiger partial charge in [-0.2, -0.15) is 5.26 Å². The van der Waals surface area contributed by atoms with Crippen molar-refractivity contribution in [3.8, 4) is 11.8 Å². The van der Waals surface area contributed by atoms with Crippen molar-refractivity contribution in [3.63, 3.8) is 0 Å². The summed E-state index contributed by atoms with van der Waals surface area (Å²) in [6, 6.07) is 7.94. The standard InChI is InChI=1S/C14H20N2O/c1-11-9-12(5-6-13(11)16)17-8-4-7-14(2,3)10-15/h5-6,9H,4,7-8,16H2,1-3H3. The predicted molar refractivity (Wildman–Crippen MR) is 69.7 cm³/mol. The van der Waals surface area contributed by atoms with E-state index in [1.165, 1.54) is 0 Å².